The molecule has 8 heteroatoms. The number of nitrogens with zero attached hydrogens (tertiary/aromatic N) is 3. The molecule has 1 aliphatic carbocycles. The lowest BCUT2D eigenvalue weighted by Gasteiger charge is -2.22. The van der Waals surface area contributed by atoms with Crippen molar-refractivity contribution in [3.63, 3.8) is 0 Å². The van der Waals surface area contributed by atoms with Gasteiger partial charge in [-0.15, -0.1) is 0 Å². The zero-order chi connectivity index (χ0) is 14.5. The molecule has 1 fully saturated rings. The van der Waals surface area contributed by atoms with Crippen LogP contribution < -0.4 is 5.32 Å². The van der Waals surface area contributed by atoms with Gasteiger partial charge in [0, 0.05) is 12.5 Å². The zero-order valence-corrected chi connectivity index (χ0v) is 11.8. The van der Waals surface area contributed by atoms with Gasteiger partial charge in [-0.25, -0.2) is 0 Å². The van der Waals surface area contributed by atoms with Crippen molar-refractivity contribution >= 4 is 23.3 Å². The largest absolute Gasteiger partial charge is 0.408 e. The van der Waals surface area contributed by atoms with Crippen LogP contribution in [-0.4, -0.2) is 26.7 Å². The number of rotatable bonds is 5. The van der Waals surface area contributed by atoms with Crippen LogP contribution in [0.15, 0.2) is 6.20 Å². The Morgan fingerprint density at radius 3 is 2.80 bits per heavy atom. The van der Waals surface area contributed by atoms with Crippen molar-refractivity contribution in [1.29, 1.82) is 0 Å². The van der Waals surface area contributed by atoms with Gasteiger partial charge in [0.1, 0.15) is 0 Å². The Balaban J connectivity index is 1.80. The molecule has 1 aliphatic rings. The molecule has 20 heavy (non-hydrogen) atoms. The molecule has 0 saturated heterocycles. The highest BCUT2D eigenvalue weighted by atomic mass is 35.5. The van der Waals surface area contributed by atoms with Crippen LogP contribution >= 0.6 is 11.6 Å². The van der Waals surface area contributed by atoms with Gasteiger partial charge in [0.2, 0.25) is 5.91 Å². The molecule has 1 N–H and O–H groups in total. The lowest BCUT2D eigenvalue weighted by Crippen LogP contribution is -2.36. The van der Waals surface area contributed by atoms with E-state index in [9.17, 15) is 14.9 Å². The molecule has 0 aliphatic heterocycles. The van der Waals surface area contributed by atoms with Gasteiger partial charge in [0.25, 0.3) is 0 Å². The average molecular weight is 301 g/mol. The summed E-state index contributed by atoms with van der Waals surface area (Å²) >= 11 is 5.69. The van der Waals surface area contributed by atoms with Crippen molar-refractivity contribution in [2.24, 2.45) is 0 Å². The van der Waals surface area contributed by atoms with Gasteiger partial charge >= 0.3 is 5.82 Å². The van der Waals surface area contributed by atoms with E-state index in [-0.39, 0.29) is 35.8 Å². The minimum Gasteiger partial charge on any atom is -0.358 e. The molecular formula is C12H17ClN4O3. The summed E-state index contributed by atoms with van der Waals surface area (Å²) in [5, 5.41) is 17.3. The van der Waals surface area contributed by atoms with Crippen molar-refractivity contribution in [1.82, 2.24) is 15.1 Å². The molecule has 0 aromatic carbocycles. The van der Waals surface area contributed by atoms with E-state index in [1.807, 2.05) is 0 Å². The molecule has 1 aromatic heterocycles. The lowest BCUT2D eigenvalue weighted by molar-refractivity contribution is -0.389. The van der Waals surface area contributed by atoms with E-state index < -0.39 is 4.92 Å². The van der Waals surface area contributed by atoms with Gasteiger partial charge in [-0.05, 0) is 17.8 Å². The van der Waals surface area contributed by atoms with Crippen LogP contribution in [0.1, 0.15) is 38.5 Å². The number of aromatic nitrogens is 2. The summed E-state index contributed by atoms with van der Waals surface area (Å²) in [4.78, 5) is 21.8. The molecule has 1 aromatic rings. The van der Waals surface area contributed by atoms with Gasteiger partial charge in [-0.3, -0.25) is 4.79 Å². The van der Waals surface area contributed by atoms with Crippen molar-refractivity contribution in [3.05, 3.63) is 21.3 Å². The molecule has 0 radical (unpaired) electrons. The highest BCUT2D eigenvalue weighted by Crippen LogP contribution is 2.21. The normalized spacial score (nSPS) is 16.1. The monoisotopic (exact) mass is 300 g/mol. The number of aryl methyl sites for hydroxylation is 1. The molecule has 110 valence electrons. The Morgan fingerprint density at radius 1 is 1.50 bits per heavy atom. The van der Waals surface area contributed by atoms with Crippen molar-refractivity contribution < 1.29 is 9.72 Å². The van der Waals surface area contributed by atoms with Crippen LogP contribution in [0.25, 0.3) is 0 Å². The van der Waals surface area contributed by atoms with Crippen molar-refractivity contribution in [3.8, 4) is 0 Å². The van der Waals surface area contributed by atoms with Gasteiger partial charge in [-0.2, -0.15) is 4.68 Å². The molecule has 0 unspecified atom stereocenters. The molecule has 0 atom stereocenters. The minimum absolute atomic E-state index is 0.0114. The molecule has 1 heterocycles. The first kappa shape index (κ1) is 14.8. The lowest BCUT2D eigenvalue weighted by atomic mass is 9.95. The maximum absolute atomic E-state index is 11.8. The number of carbonyl (C=O) groups is 1. The summed E-state index contributed by atoms with van der Waals surface area (Å²) in [5.41, 5.74) is 0. The first-order chi connectivity index (χ1) is 9.56. The van der Waals surface area contributed by atoms with E-state index in [1.54, 1.807) is 0 Å². The first-order valence-corrected chi connectivity index (χ1v) is 7.11. The number of amides is 1. The average Bonchev–Trinajstić information content (AvgIpc) is 2.79. The van der Waals surface area contributed by atoms with E-state index in [0.29, 0.717) is 0 Å². The molecule has 0 spiro atoms. The SMILES string of the molecule is O=C(CCn1cc(Cl)c([N+](=O)[O-])n1)NC1CCCCC1. The van der Waals surface area contributed by atoms with E-state index >= 15 is 0 Å². The Morgan fingerprint density at radius 2 is 2.20 bits per heavy atom. The maximum Gasteiger partial charge on any atom is 0.408 e. The molecule has 2 rings (SSSR count). The Labute approximate surface area is 121 Å². The Hall–Kier alpha value is -1.63. The summed E-state index contributed by atoms with van der Waals surface area (Å²) in [6.45, 7) is 0.284. The van der Waals surface area contributed by atoms with E-state index in [1.165, 1.54) is 17.3 Å². The zero-order valence-electron chi connectivity index (χ0n) is 11.0. The standard InChI is InChI=1S/C12H17ClN4O3/c13-10-8-16(15-12(10)17(19)20)7-6-11(18)14-9-4-2-1-3-5-9/h8-9H,1-7H2,(H,14,18). The number of halogens is 1. The van der Waals surface area contributed by atoms with Crippen molar-refractivity contribution in [2.45, 2.75) is 51.1 Å². The predicted molar refractivity (Wildman–Crippen MR) is 73.5 cm³/mol. The quantitative estimate of drug-likeness (QED) is 0.667. The second-order valence-corrected chi connectivity index (χ2v) is 5.38. The molecule has 0 bridgehead atoms. The summed E-state index contributed by atoms with van der Waals surface area (Å²) in [6.07, 6.45) is 7.23. The maximum atomic E-state index is 11.8. The Bertz CT molecular complexity index is 497. The number of carbonyl (C=O) groups excluding carboxylic acids is 1. The van der Waals surface area contributed by atoms with Crippen molar-refractivity contribution in [2.75, 3.05) is 0 Å². The fourth-order valence-corrected chi connectivity index (χ4v) is 2.61. The first-order valence-electron chi connectivity index (χ1n) is 6.73. The minimum atomic E-state index is -0.638. The van der Waals surface area contributed by atoms with E-state index in [0.717, 1.165) is 25.7 Å². The molecule has 1 amide bonds. The van der Waals surface area contributed by atoms with Crippen LogP contribution in [0.5, 0.6) is 0 Å². The highest BCUT2D eigenvalue weighted by Gasteiger charge is 2.20. The van der Waals surface area contributed by atoms with Crippen LogP contribution in [-0.2, 0) is 11.3 Å². The van der Waals surface area contributed by atoms with Gasteiger partial charge in [0.15, 0.2) is 5.02 Å². The molecule has 1 saturated carbocycles. The number of hydrogen-bond donors (Lipinski definition) is 1. The fourth-order valence-electron chi connectivity index (χ4n) is 2.39. The third kappa shape index (κ3) is 3.93. The van der Waals surface area contributed by atoms with E-state index in [4.69, 9.17) is 11.6 Å². The number of nitro groups is 1. The summed E-state index contributed by atoms with van der Waals surface area (Å²) in [5.74, 6) is -0.425. The summed E-state index contributed by atoms with van der Waals surface area (Å²) in [6, 6.07) is 0.270. The van der Waals surface area contributed by atoms with Crippen LogP contribution in [0, 0.1) is 10.1 Å². The topological polar surface area (TPSA) is 90.1 Å². The van der Waals surface area contributed by atoms with Gasteiger partial charge in [0.05, 0.1) is 17.8 Å². The molecular weight excluding hydrogens is 284 g/mol. The third-order valence-corrected chi connectivity index (χ3v) is 3.68. The fraction of sp³-hybridized carbons (Fsp3) is 0.667. The summed E-state index contributed by atoms with van der Waals surface area (Å²) < 4.78 is 1.33. The van der Waals surface area contributed by atoms with E-state index in [2.05, 4.69) is 10.4 Å². The van der Waals surface area contributed by atoms with Crippen LogP contribution in [0.4, 0.5) is 5.82 Å². The second-order valence-electron chi connectivity index (χ2n) is 4.97. The smallest absolute Gasteiger partial charge is 0.358 e. The number of nitrogens with one attached hydrogen (secondary N) is 1. The molecule has 7 nitrogen and oxygen atoms in total. The van der Waals surface area contributed by atoms with Crippen LogP contribution in [0.3, 0.4) is 0 Å². The van der Waals surface area contributed by atoms with Crippen LogP contribution in [0.2, 0.25) is 5.02 Å². The Kier molecular flexibility index (Phi) is 4.94. The summed E-state index contributed by atoms with van der Waals surface area (Å²) in [7, 11) is 0. The van der Waals surface area contributed by atoms with Gasteiger partial charge < -0.3 is 15.4 Å². The van der Waals surface area contributed by atoms with Gasteiger partial charge in [-0.1, -0.05) is 30.9 Å². The number of hydrogen-bond acceptors (Lipinski definition) is 4. The third-order valence-electron chi connectivity index (χ3n) is 3.41. The highest BCUT2D eigenvalue weighted by molar-refractivity contribution is 6.32. The second kappa shape index (κ2) is 6.69. The predicted octanol–water partition coefficient (Wildman–Crippen LogP) is 2.28.